The van der Waals surface area contributed by atoms with Crippen molar-refractivity contribution >= 4 is 11.8 Å². The minimum Gasteiger partial charge on any atom is -0.326 e. The molecule has 1 aromatic heterocycles. The number of nitrogens with two attached hydrogens (primary N) is 1. The molecule has 2 rings (SSSR count). The first kappa shape index (κ1) is 14.0. The summed E-state index contributed by atoms with van der Waals surface area (Å²) in [5.74, 6) is 1.15. The molecule has 0 aliphatic rings. The summed E-state index contributed by atoms with van der Waals surface area (Å²) >= 11 is 1.52. The van der Waals surface area contributed by atoms with E-state index in [-0.39, 0.29) is 5.82 Å². The Morgan fingerprint density at radius 2 is 1.89 bits per heavy atom. The fourth-order valence-electron chi connectivity index (χ4n) is 1.87. The van der Waals surface area contributed by atoms with E-state index in [0.717, 1.165) is 27.7 Å². The van der Waals surface area contributed by atoms with Crippen molar-refractivity contribution in [3.8, 4) is 0 Å². The monoisotopic (exact) mass is 277 g/mol. The molecule has 2 aromatic rings. The number of halogens is 1. The summed E-state index contributed by atoms with van der Waals surface area (Å²) in [4.78, 5) is 9.75. The highest BCUT2D eigenvalue weighted by atomic mass is 32.2. The van der Waals surface area contributed by atoms with Crippen LogP contribution in [0.5, 0.6) is 0 Å². The number of rotatable bonds is 4. The van der Waals surface area contributed by atoms with E-state index < -0.39 is 0 Å². The van der Waals surface area contributed by atoms with Crippen molar-refractivity contribution in [2.45, 2.75) is 31.0 Å². The summed E-state index contributed by atoms with van der Waals surface area (Å²) in [6.07, 6.45) is 0. The Morgan fingerprint density at radius 3 is 2.47 bits per heavy atom. The summed E-state index contributed by atoms with van der Waals surface area (Å²) in [5, 5.41) is 0. The fourth-order valence-corrected chi connectivity index (χ4v) is 2.67. The molecule has 0 spiro atoms. The fraction of sp³-hybridized carbons (Fsp3) is 0.286. The molecule has 100 valence electrons. The predicted octanol–water partition coefficient (Wildman–Crippen LogP) is 2.98. The van der Waals surface area contributed by atoms with Gasteiger partial charge in [-0.15, -0.1) is 11.8 Å². The summed E-state index contributed by atoms with van der Waals surface area (Å²) in [7, 11) is 0. The predicted molar refractivity (Wildman–Crippen MR) is 75.4 cm³/mol. The average molecular weight is 277 g/mol. The van der Waals surface area contributed by atoms with Crippen molar-refractivity contribution in [2.75, 3.05) is 0 Å². The SMILES string of the molecule is Cc1nc(CSc2cccc(F)c2)nc(C)c1CN. The standard InChI is InChI=1S/C14H16FN3S/c1-9-13(7-16)10(2)18-14(17-9)8-19-12-5-3-4-11(15)6-12/h3-6H,7-8,16H2,1-2H3. The Bertz CT molecular complexity index is 564. The van der Waals surface area contributed by atoms with Gasteiger partial charge in [-0.1, -0.05) is 6.07 Å². The third kappa shape index (κ3) is 3.52. The Kier molecular flexibility index (Phi) is 4.50. The van der Waals surface area contributed by atoms with Gasteiger partial charge in [-0.05, 0) is 32.0 Å². The normalized spacial score (nSPS) is 10.7. The molecular formula is C14H16FN3S. The minimum atomic E-state index is -0.225. The van der Waals surface area contributed by atoms with Crippen LogP contribution in [0.15, 0.2) is 29.2 Å². The molecule has 0 unspecified atom stereocenters. The molecule has 0 atom stereocenters. The molecule has 1 aromatic carbocycles. The number of aromatic nitrogens is 2. The number of thioether (sulfide) groups is 1. The maximum Gasteiger partial charge on any atom is 0.139 e. The second-order valence-electron chi connectivity index (χ2n) is 4.24. The maximum absolute atomic E-state index is 13.1. The van der Waals surface area contributed by atoms with Gasteiger partial charge in [0.2, 0.25) is 0 Å². The van der Waals surface area contributed by atoms with E-state index in [1.54, 1.807) is 6.07 Å². The summed E-state index contributed by atoms with van der Waals surface area (Å²) in [6.45, 7) is 4.33. The number of aryl methyl sites for hydroxylation is 2. The highest BCUT2D eigenvalue weighted by Crippen LogP contribution is 2.22. The van der Waals surface area contributed by atoms with E-state index in [0.29, 0.717) is 12.3 Å². The topological polar surface area (TPSA) is 51.8 Å². The van der Waals surface area contributed by atoms with Crippen molar-refractivity contribution in [1.29, 1.82) is 0 Å². The first-order valence-electron chi connectivity index (χ1n) is 6.01. The highest BCUT2D eigenvalue weighted by Gasteiger charge is 2.07. The lowest BCUT2D eigenvalue weighted by molar-refractivity contribution is 0.624. The van der Waals surface area contributed by atoms with Crippen LogP contribution in [0.2, 0.25) is 0 Å². The van der Waals surface area contributed by atoms with E-state index in [2.05, 4.69) is 9.97 Å². The van der Waals surface area contributed by atoms with E-state index in [1.807, 2.05) is 19.9 Å². The van der Waals surface area contributed by atoms with E-state index >= 15 is 0 Å². The van der Waals surface area contributed by atoms with Crippen molar-refractivity contribution in [1.82, 2.24) is 9.97 Å². The van der Waals surface area contributed by atoms with Crippen LogP contribution in [0.3, 0.4) is 0 Å². The Morgan fingerprint density at radius 1 is 1.21 bits per heavy atom. The molecule has 0 bridgehead atoms. The van der Waals surface area contributed by atoms with Crippen LogP contribution in [0, 0.1) is 19.7 Å². The molecule has 3 nitrogen and oxygen atoms in total. The van der Waals surface area contributed by atoms with Gasteiger partial charge in [0, 0.05) is 28.4 Å². The van der Waals surface area contributed by atoms with Gasteiger partial charge in [0.15, 0.2) is 0 Å². The number of hydrogen-bond acceptors (Lipinski definition) is 4. The summed E-state index contributed by atoms with van der Waals surface area (Å²) < 4.78 is 13.1. The quantitative estimate of drug-likeness (QED) is 0.873. The number of nitrogens with zero attached hydrogens (tertiary/aromatic N) is 2. The van der Waals surface area contributed by atoms with Gasteiger partial charge < -0.3 is 5.73 Å². The van der Waals surface area contributed by atoms with E-state index in [4.69, 9.17) is 5.73 Å². The molecule has 0 amide bonds. The summed E-state index contributed by atoms with van der Waals surface area (Å²) in [6, 6.07) is 6.53. The lowest BCUT2D eigenvalue weighted by atomic mass is 10.2. The van der Waals surface area contributed by atoms with Crippen LogP contribution in [0.4, 0.5) is 4.39 Å². The van der Waals surface area contributed by atoms with Gasteiger partial charge >= 0.3 is 0 Å². The lowest BCUT2D eigenvalue weighted by Crippen LogP contribution is -2.08. The van der Waals surface area contributed by atoms with Crippen LogP contribution in [-0.4, -0.2) is 9.97 Å². The van der Waals surface area contributed by atoms with Gasteiger partial charge in [-0.2, -0.15) is 0 Å². The third-order valence-corrected chi connectivity index (χ3v) is 3.82. The zero-order chi connectivity index (χ0) is 13.8. The second-order valence-corrected chi connectivity index (χ2v) is 5.29. The molecule has 19 heavy (non-hydrogen) atoms. The molecule has 0 saturated heterocycles. The number of hydrogen-bond donors (Lipinski definition) is 1. The number of benzene rings is 1. The third-order valence-electron chi connectivity index (χ3n) is 2.84. The summed E-state index contributed by atoms with van der Waals surface area (Å²) in [5.41, 5.74) is 8.50. The largest absolute Gasteiger partial charge is 0.326 e. The molecule has 2 N–H and O–H groups in total. The molecular weight excluding hydrogens is 261 g/mol. The van der Waals surface area contributed by atoms with Crippen LogP contribution in [0.25, 0.3) is 0 Å². The molecule has 0 fully saturated rings. The van der Waals surface area contributed by atoms with Gasteiger partial charge in [0.05, 0.1) is 5.75 Å². The Balaban J connectivity index is 2.12. The Hall–Kier alpha value is -1.46. The molecule has 0 aliphatic carbocycles. The first-order chi connectivity index (χ1) is 9.10. The van der Waals surface area contributed by atoms with Gasteiger partial charge in [-0.3, -0.25) is 0 Å². The zero-order valence-corrected chi connectivity index (χ0v) is 11.8. The van der Waals surface area contributed by atoms with Crippen molar-refractivity contribution in [2.24, 2.45) is 5.73 Å². The molecule has 0 saturated carbocycles. The van der Waals surface area contributed by atoms with Gasteiger partial charge in [-0.25, -0.2) is 14.4 Å². The lowest BCUT2D eigenvalue weighted by Gasteiger charge is -2.08. The van der Waals surface area contributed by atoms with E-state index in [9.17, 15) is 4.39 Å². The van der Waals surface area contributed by atoms with Gasteiger partial charge in [0.1, 0.15) is 11.6 Å². The first-order valence-corrected chi connectivity index (χ1v) is 7.00. The Labute approximate surface area is 116 Å². The molecule has 0 aliphatic heterocycles. The minimum absolute atomic E-state index is 0.225. The van der Waals surface area contributed by atoms with Gasteiger partial charge in [0.25, 0.3) is 0 Å². The smallest absolute Gasteiger partial charge is 0.139 e. The molecule has 5 heteroatoms. The van der Waals surface area contributed by atoms with Crippen molar-refractivity contribution in [3.05, 3.63) is 52.9 Å². The maximum atomic E-state index is 13.1. The van der Waals surface area contributed by atoms with Crippen LogP contribution in [-0.2, 0) is 12.3 Å². The highest BCUT2D eigenvalue weighted by molar-refractivity contribution is 7.98. The van der Waals surface area contributed by atoms with Crippen LogP contribution in [0.1, 0.15) is 22.8 Å². The average Bonchev–Trinajstić information content (AvgIpc) is 2.36. The van der Waals surface area contributed by atoms with Crippen molar-refractivity contribution < 1.29 is 4.39 Å². The zero-order valence-electron chi connectivity index (χ0n) is 11.0. The second kappa shape index (κ2) is 6.12. The molecule has 1 heterocycles. The van der Waals surface area contributed by atoms with Crippen LogP contribution < -0.4 is 5.73 Å². The van der Waals surface area contributed by atoms with E-state index in [1.165, 1.54) is 23.9 Å². The van der Waals surface area contributed by atoms with Crippen molar-refractivity contribution in [3.63, 3.8) is 0 Å². The molecule has 0 radical (unpaired) electrons. The van der Waals surface area contributed by atoms with Crippen LogP contribution >= 0.6 is 11.8 Å².